The fraction of sp³-hybridized carbons (Fsp3) is 0.667. The summed E-state index contributed by atoms with van der Waals surface area (Å²) in [4.78, 5) is 29.2. The zero-order valence-electron chi connectivity index (χ0n) is 13.7. The molecule has 1 saturated carbocycles. The van der Waals surface area contributed by atoms with E-state index in [1.165, 1.54) is 9.25 Å². The van der Waals surface area contributed by atoms with Crippen LogP contribution in [0.1, 0.15) is 63.7 Å². The molecule has 0 aromatic rings. The van der Waals surface area contributed by atoms with Gasteiger partial charge in [0, 0.05) is 6.04 Å². The van der Waals surface area contributed by atoms with Crippen LogP contribution in [0.2, 0.25) is 0 Å². The van der Waals surface area contributed by atoms with Gasteiger partial charge in [-0.15, -0.1) is 0 Å². The van der Waals surface area contributed by atoms with E-state index in [-0.39, 0.29) is 29.3 Å². The van der Waals surface area contributed by atoms with Crippen molar-refractivity contribution in [3.8, 4) is 11.5 Å². The molecule has 0 amide bonds. The lowest BCUT2D eigenvalue weighted by molar-refractivity contribution is -0.610. The van der Waals surface area contributed by atoms with Crippen molar-refractivity contribution in [2.75, 3.05) is 0 Å². The molecule has 0 N–H and O–H groups in total. The number of rotatable bonds is 2. The van der Waals surface area contributed by atoms with Crippen LogP contribution in [0.4, 0.5) is 0 Å². The van der Waals surface area contributed by atoms with Crippen molar-refractivity contribution in [2.24, 2.45) is 7.05 Å². The van der Waals surface area contributed by atoms with Gasteiger partial charge in [0.2, 0.25) is 11.5 Å². The lowest BCUT2D eigenvalue weighted by atomic mass is 9.95. The second-order valence-corrected chi connectivity index (χ2v) is 6.46. The van der Waals surface area contributed by atoms with Gasteiger partial charge < -0.3 is 5.21 Å². The number of hydrogen-bond donors (Lipinski definition) is 0. The maximum absolute atomic E-state index is 12.9. The topological polar surface area (TPSA) is 96.7 Å². The highest BCUT2D eigenvalue weighted by molar-refractivity contribution is 5.44. The van der Waals surface area contributed by atoms with Crippen LogP contribution in [0, 0.1) is 5.21 Å². The smallest absolute Gasteiger partial charge is 0.353 e. The van der Waals surface area contributed by atoms with Crippen molar-refractivity contribution in [2.45, 2.75) is 57.9 Å². The summed E-state index contributed by atoms with van der Waals surface area (Å²) in [6, 6.07) is -0.165. The molecule has 3 aliphatic rings. The van der Waals surface area contributed by atoms with E-state index < -0.39 is 11.2 Å². The number of nitrogens with zero attached hydrogens (tertiary/aromatic N) is 5. The van der Waals surface area contributed by atoms with Crippen LogP contribution in [-0.2, 0) is 7.05 Å². The molecule has 2 aliphatic heterocycles. The van der Waals surface area contributed by atoms with Gasteiger partial charge in [0.25, 0.3) is 0 Å². The van der Waals surface area contributed by atoms with Crippen molar-refractivity contribution in [3.05, 3.63) is 31.9 Å². The highest BCUT2D eigenvalue weighted by Crippen LogP contribution is 2.26. The zero-order valence-corrected chi connectivity index (χ0v) is 13.7. The molecule has 0 radical (unpaired) electrons. The molecule has 8 nitrogen and oxygen atoms in total. The van der Waals surface area contributed by atoms with Crippen molar-refractivity contribution in [3.63, 3.8) is 0 Å². The van der Waals surface area contributed by atoms with Crippen molar-refractivity contribution in [1.82, 2.24) is 19.3 Å². The first-order valence-corrected chi connectivity index (χ1v) is 8.04. The number of aryl methyl sites for hydroxylation is 1. The molecule has 0 atom stereocenters. The molecule has 0 spiro atoms. The molecule has 23 heavy (non-hydrogen) atoms. The summed E-state index contributed by atoms with van der Waals surface area (Å²) in [7, 11) is 1.59. The van der Waals surface area contributed by atoms with Gasteiger partial charge in [-0.3, -0.25) is 9.36 Å². The average molecular weight is 319 g/mol. The minimum atomic E-state index is -0.593. The molecule has 8 heteroatoms. The second kappa shape index (κ2) is 5.75. The first kappa shape index (κ1) is 15.6. The van der Waals surface area contributed by atoms with Gasteiger partial charge >= 0.3 is 17.1 Å². The lowest BCUT2D eigenvalue weighted by Crippen LogP contribution is -2.50. The van der Waals surface area contributed by atoms with Gasteiger partial charge in [-0.05, 0) is 12.8 Å². The van der Waals surface area contributed by atoms with E-state index >= 15 is 0 Å². The second-order valence-electron chi connectivity index (χ2n) is 6.46. The lowest BCUT2D eigenvalue weighted by Gasteiger charge is -2.24. The molecule has 3 rings (SSSR count). The van der Waals surface area contributed by atoms with E-state index in [2.05, 4.69) is 10.1 Å². The summed E-state index contributed by atoms with van der Waals surface area (Å²) in [6.45, 7) is 3.66. The zero-order chi connectivity index (χ0) is 16.7. The third-order valence-corrected chi connectivity index (χ3v) is 4.47. The Morgan fingerprint density at radius 3 is 2.48 bits per heavy atom. The molecule has 0 bridgehead atoms. The molecule has 1 aliphatic carbocycles. The van der Waals surface area contributed by atoms with Gasteiger partial charge in [0.15, 0.2) is 0 Å². The Kier molecular flexibility index (Phi) is 3.91. The van der Waals surface area contributed by atoms with Gasteiger partial charge in [0.05, 0.1) is 18.1 Å². The number of aromatic nitrogens is 5. The summed E-state index contributed by atoms with van der Waals surface area (Å²) in [5, 5.41) is 16.7. The summed E-state index contributed by atoms with van der Waals surface area (Å²) < 4.78 is 3.04. The van der Waals surface area contributed by atoms with Crippen molar-refractivity contribution >= 4 is 0 Å². The minimum Gasteiger partial charge on any atom is -0.710 e. The van der Waals surface area contributed by atoms with Crippen LogP contribution < -0.4 is 16.0 Å². The number of hydrogen-bond acceptors (Lipinski definition) is 5. The summed E-state index contributed by atoms with van der Waals surface area (Å²) in [5.41, 5.74) is -1.25. The monoisotopic (exact) mass is 319 g/mol. The predicted molar refractivity (Wildman–Crippen MR) is 83.3 cm³/mol. The van der Waals surface area contributed by atoms with E-state index in [4.69, 9.17) is 0 Å². The Morgan fingerprint density at radius 2 is 1.87 bits per heavy atom. The van der Waals surface area contributed by atoms with Crippen LogP contribution in [-0.4, -0.2) is 19.3 Å². The fourth-order valence-corrected chi connectivity index (χ4v) is 3.26. The molecular weight excluding hydrogens is 298 g/mol. The Hall–Kier alpha value is -2.25. The van der Waals surface area contributed by atoms with Gasteiger partial charge in [-0.2, -0.15) is 9.67 Å². The van der Waals surface area contributed by atoms with Crippen LogP contribution in [0.25, 0.3) is 11.5 Å². The Balaban J connectivity index is 2.32. The molecule has 0 unspecified atom stereocenters. The molecule has 124 valence electrons. The van der Waals surface area contributed by atoms with Crippen LogP contribution in [0.5, 0.6) is 0 Å². The van der Waals surface area contributed by atoms with Crippen molar-refractivity contribution in [1.29, 1.82) is 0 Å². The van der Waals surface area contributed by atoms with E-state index in [0.29, 0.717) is 4.73 Å². The van der Waals surface area contributed by atoms with Gasteiger partial charge in [0.1, 0.15) is 0 Å². The Morgan fingerprint density at radius 1 is 1.22 bits per heavy atom. The first-order valence-electron chi connectivity index (χ1n) is 8.04. The average Bonchev–Trinajstić information content (AvgIpc) is 2.51. The van der Waals surface area contributed by atoms with Crippen LogP contribution in [0.15, 0.2) is 9.59 Å². The first-order chi connectivity index (χ1) is 10.9. The van der Waals surface area contributed by atoms with Gasteiger partial charge in [-0.1, -0.05) is 33.1 Å². The minimum absolute atomic E-state index is 0.0338. The van der Waals surface area contributed by atoms with E-state index in [1.807, 2.05) is 13.8 Å². The largest absolute Gasteiger partial charge is 0.710 e. The van der Waals surface area contributed by atoms with Gasteiger partial charge in [-0.25, -0.2) is 9.52 Å². The maximum atomic E-state index is 12.9. The van der Waals surface area contributed by atoms with E-state index in [0.717, 1.165) is 32.1 Å². The SMILES string of the molecule is CC(C)c1nn(C)c2nc(=O)n(C3CCCCC3)c(=O)c-2[n+]1[O-]. The molecule has 0 aromatic heterocycles. The third kappa shape index (κ3) is 2.51. The highest BCUT2D eigenvalue weighted by atomic mass is 16.5. The predicted octanol–water partition coefficient (Wildman–Crippen LogP) is 0.704. The maximum Gasteiger partial charge on any atom is 0.353 e. The normalized spacial score (nSPS) is 16.3. The summed E-state index contributed by atoms with van der Waals surface area (Å²) >= 11 is 0. The Bertz CT molecular complexity index is 817. The summed E-state index contributed by atoms with van der Waals surface area (Å²) in [6.07, 6.45) is 4.61. The highest BCUT2D eigenvalue weighted by Gasteiger charge is 2.31. The third-order valence-electron chi connectivity index (χ3n) is 4.47. The quantitative estimate of drug-likeness (QED) is 0.600. The number of fused-ring (bicyclic) bond motifs is 1. The van der Waals surface area contributed by atoms with Crippen LogP contribution in [0.3, 0.4) is 0 Å². The molecule has 0 aromatic carbocycles. The van der Waals surface area contributed by atoms with Crippen molar-refractivity contribution < 1.29 is 4.73 Å². The van der Waals surface area contributed by atoms with E-state index in [1.54, 1.807) is 7.05 Å². The van der Waals surface area contributed by atoms with E-state index in [9.17, 15) is 14.8 Å². The molecule has 1 fully saturated rings. The van der Waals surface area contributed by atoms with Crippen LogP contribution >= 0.6 is 0 Å². The molecule has 0 saturated heterocycles. The standard InChI is InChI=1S/C15H21N5O3/c1-9(2)12-17-18(3)13-11(20(12)23)14(21)19(15(22)16-13)10-7-5-4-6-8-10/h9-10H,4-8H2,1-3H3. The Labute approximate surface area is 133 Å². The summed E-state index contributed by atoms with van der Waals surface area (Å²) in [5.74, 6) is 0.136. The molecule has 2 heterocycles. The fourth-order valence-electron chi connectivity index (χ4n) is 3.26. The molecular formula is C15H21N5O3.